The Balaban J connectivity index is 3.79. The van der Waals surface area contributed by atoms with Crippen molar-refractivity contribution < 1.29 is 34.4 Å². The molecule has 3 atom stereocenters. The Bertz CT molecular complexity index is 878. The summed E-state index contributed by atoms with van der Waals surface area (Å²) in [6.45, 7) is 3.87. The van der Waals surface area contributed by atoms with Crippen molar-refractivity contribution in [1.82, 2.24) is 0 Å². The Hall–Kier alpha value is -2.22. The molecule has 0 saturated heterocycles. The fourth-order valence-corrected chi connectivity index (χ4v) is 5.63. The van der Waals surface area contributed by atoms with Gasteiger partial charge in [-0.1, -0.05) is 178 Å². The number of hydrogen-bond acceptors (Lipinski definition) is 7. The summed E-state index contributed by atoms with van der Waals surface area (Å²) in [5, 5.41) is 29.6. The third-order valence-electron chi connectivity index (χ3n) is 8.82. The smallest absolute Gasteiger partial charge is 0.306 e. The van der Waals surface area contributed by atoms with Crippen molar-refractivity contribution in [2.75, 3.05) is 13.2 Å². The molecule has 0 aromatic carbocycles. The van der Waals surface area contributed by atoms with Crippen LogP contribution in [-0.4, -0.2) is 58.8 Å². The minimum atomic E-state index is -0.861. The molecule has 290 valence electrons. The van der Waals surface area contributed by atoms with Gasteiger partial charge in [0.1, 0.15) is 6.61 Å². The highest BCUT2D eigenvalue weighted by atomic mass is 16.6. The lowest BCUT2D eigenvalue weighted by molar-refractivity contribution is -0.161. The maximum atomic E-state index is 12.2. The first-order valence-corrected chi connectivity index (χ1v) is 20.4. The largest absolute Gasteiger partial charge is 0.462 e. The molecular weight excluding hydrogens is 628 g/mol. The van der Waals surface area contributed by atoms with Gasteiger partial charge in [0.05, 0.1) is 18.8 Å². The van der Waals surface area contributed by atoms with E-state index in [4.69, 9.17) is 9.47 Å². The molecule has 0 aliphatic heterocycles. The lowest BCUT2D eigenvalue weighted by Gasteiger charge is -2.16. The third-order valence-corrected chi connectivity index (χ3v) is 8.82. The van der Waals surface area contributed by atoms with Gasteiger partial charge >= 0.3 is 11.9 Å². The Morgan fingerprint density at radius 3 is 1.58 bits per heavy atom. The van der Waals surface area contributed by atoms with Crippen molar-refractivity contribution in [2.24, 2.45) is 0 Å². The highest BCUT2D eigenvalue weighted by molar-refractivity contribution is 5.70. The van der Waals surface area contributed by atoms with Gasteiger partial charge in [0.25, 0.3) is 0 Å². The van der Waals surface area contributed by atoms with Gasteiger partial charge in [0.15, 0.2) is 6.10 Å². The molecule has 0 saturated carbocycles. The van der Waals surface area contributed by atoms with Crippen molar-refractivity contribution in [3.05, 3.63) is 48.6 Å². The Morgan fingerprint density at radius 2 is 1.04 bits per heavy atom. The van der Waals surface area contributed by atoms with E-state index in [2.05, 4.69) is 19.9 Å². The highest BCUT2D eigenvalue weighted by Crippen LogP contribution is 2.15. The van der Waals surface area contributed by atoms with E-state index in [0.717, 1.165) is 25.7 Å². The lowest BCUT2D eigenvalue weighted by atomic mass is 10.0. The van der Waals surface area contributed by atoms with E-state index in [-0.39, 0.29) is 19.0 Å². The molecule has 7 nitrogen and oxygen atoms in total. The summed E-state index contributed by atoms with van der Waals surface area (Å²) in [6.07, 6.45) is 40.9. The molecule has 0 rings (SSSR count). The van der Waals surface area contributed by atoms with Crippen LogP contribution >= 0.6 is 0 Å². The minimum Gasteiger partial charge on any atom is -0.462 e. The summed E-state index contributed by atoms with van der Waals surface area (Å²) >= 11 is 0. The van der Waals surface area contributed by atoms with Crippen LogP contribution in [0.5, 0.6) is 0 Å². The molecule has 3 N–H and O–H groups in total. The number of carbonyl (C=O) groups is 2. The van der Waals surface area contributed by atoms with Crippen LogP contribution in [0.15, 0.2) is 48.6 Å². The number of carbonyl (C=O) groups excluding carboxylic acids is 2. The van der Waals surface area contributed by atoms with Gasteiger partial charge < -0.3 is 24.8 Å². The van der Waals surface area contributed by atoms with Gasteiger partial charge in [-0.2, -0.15) is 0 Å². The molecule has 50 heavy (non-hydrogen) atoms. The summed E-state index contributed by atoms with van der Waals surface area (Å²) < 4.78 is 10.5. The zero-order chi connectivity index (χ0) is 36.8. The van der Waals surface area contributed by atoms with Crippen molar-refractivity contribution in [2.45, 2.75) is 199 Å². The predicted molar refractivity (Wildman–Crippen MR) is 208 cm³/mol. The first-order chi connectivity index (χ1) is 24.4. The maximum absolute atomic E-state index is 12.2. The number of ether oxygens (including phenoxy) is 2. The minimum absolute atomic E-state index is 0.125. The average Bonchev–Trinajstić information content (AvgIpc) is 3.10. The zero-order valence-electron chi connectivity index (χ0n) is 32.1. The molecule has 0 bridgehead atoms. The van der Waals surface area contributed by atoms with Crippen molar-refractivity contribution in [3.8, 4) is 0 Å². The van der Waals surface area contributed by atoms with E-state index >= 15 is 0 Å². The normalized spacial score (nSPS) is 13.9. The highest BCUT2D eigenvalue weighted by Gasteiger charge is 2.16. The first kappa shape index (κ1) is 47.8. The Labute approximate surface area is 306 Å². The second kappa shape index (κ2) is 38.0. The summed E-state index contributed by atoms with van der Waals surface area (Å²) in [5.41, 5.74) is 0. The fourth-order valence-electron chi connectivity index (χ4n) is 5.63. The molecule has 0 aromatic rings. The molecule has 0 heterocycles. The van der Waals surface area contributed by atoms with Crippen LogP contribution < -0.4 is 0 Å². The van der Waals surface area contributed by atoms with Crippen LogP contribution in [0.3, 0.4) is 0 Å². The van der Waals surface area contributed by atoms with Crippen LogP contribution in [0.2, 0.25) is 0 Å². The van der Waals surface area contributed by atoms with Crippen LogP contribution in [0.25, 0.3) is 0 Å². The number of unbranched alkanes of at least 4 members (excludes halogenated alkanes) is 19. The number of aliphatic hydroxyl groups is 3. The van der Waals surface area contributed by atoms with Gasteiger partial charge in [0, 0.05) is 12.8 Å². The molecule has 0 radical (unpaired) electrons. The Morgan fingerprint density at radius 1 is 0.560 bits per heavy atom. The van der Waals surface area contributed by atoms with Gasteiger partial charge in [-0.05, 0) is 38.5 Å². The topological polar surface area (TPSA) is 113 Å². The summed E-state index contributed by atoms with van der Waals surface area (Å²) in [6, 6.07) is 0. The third kappa shape index (κ3) is 35.6. The van der Waals surface area contributed by atoms with E-state index in [0.29, 0.717) is 25.7 Å². The van der Waals surface area contributed by atoms with Crippen molar-refractivity contribution >= 4 is 11.9 Å². The summed E-state index contributed by atoms with van der Waals surface area (Å²) in [5.74, 6) is -0.828. The van der Waals surface area contributed by atoms with E-state index in [1.54, 1.807) is 36.5 Å². The number of esters is 2. The molecule has 7 heteroatoms. The molecular formula is C43H76O7. The summed E-state index contributed by atoms with van der Waals surface area (Å²) in [7, 11) is 0. The van der Waals surface area contributed by atoms with Gasteiger partial charge in [-0.15, -0.1) is 0 Å². The van der Waals surface area contributed by atoms with Crippen LogP contribution in [0.1, 0.15) is 181 Å². The van der Waals surface area contributed by atoms with Gasteiger partial charge in [-0.25, -0.2) is 0 Å². The van der Waals surface area contributed by atoms with Gasteiger partial charge in [0.2, 0.25) is 0 Å². The quantitative estimate of drug-likeness (QED) is 0.0257. The van der Waals surface area contributed by atoms with Crippen LogP contribution in [0.4, 0.5) is 0 Å². The Kier molecular flexibility index (Phi) is 36.3. The fraction of sp³-hybridized carbons (Fsp3) is 0.767. The van der Waals surface area contributed by atoms with E-state index in [9.17, 15) is 24.9 Å². The number of rotatable bonds is 36. The van der Waals surface area contributed by atoms with E-state index in [1.165, 1.54) is 109 Å². The van der Waals surface area contributed by atoms with E-state index in [1.807, 2.05) is 6.08 Å². The monoisotopic (exact) mass is 705 g/mol. The number of hydrogen-bond donors (Lipinski definition) is 3. The van der Waals surface area contributed by atoms with Crippen molar-refractivity contribution in [1.29, 1.82) is 0 Å². The number of allylic oxidation sites excluding steroid dienone is 5. The second-order valence-electron chi connectivity index (χ2n) is 13.8. The molecule has 0 aliphatic carbocycles. The SMILES string of the molecule is CCCCC/C=C\C[C@@H](O)/C=C/C=C/C=C\[C@@H](O)CCCC(=O)OC[C@H](CO)OC(=O)CCCCCCCCCCCCCCCCCCC. The zero-order valence-corrected chi connectivity index (χ0v) is 32.1. The molecule has 0 spiro atoms. The lowest BCUT2D eigenvalue weighted by Crippen LogP contribution is -2.28. The maximum Gasteiger partial charge on any atom is 0.306 e. The molecule has 0 unspecified atom stereocenters. The average molecular weight is 705 g/mol. The first-order valence-electron chi connectivity index (χ1n) is 20.4. The summed E-state index contributed by atoms with van der Waals surface area (Å²) in [4.78, 5) is 24.3. The number of aliphatic hydroxyl groups excluding tert-OH is 3. The van der Waals surface area contributed by atoms with Gasteiger partial charge in [-0.3, -0.25) is 9.59 Å². The standard InChI is InChI=1S/C43H76O7/c1-3-5-7-9-11-12-13-14-15-16-17-18-19-20-21-23-29-35-43(48)50-41(37-44)38-49-42(47)36-30-34-40(46)33-28-25-24-27-32-39(45)31-26-22-10-8-6-4-2/h22,24-28,32-33,39-41,44-46H,3-21,23,29-31,34-38H2,1-2H3/b25-24+,26-22-,32-27+,33-28-/t39-,40-,41+/m1/s1. The van der Waals surface area contributed by atoms with Crippen LogP contribution in [0, 0.1) is 0 Å². The molecule has 0 aliphatic rings. The molecule has 0 aromatic heterocycles. The second-order valence-corrected chi connectivity index (χ2v) is 13.8. The molecule has 0 amide bonds. The molecule has 0 fully saturated rings. The van der Waals surface area contributed by atoms with Crippen LogP contribution in [-0.2, 0) is 19.1 Å². The van der Waals surface area contributed by atoms with Crippen molar-refractivity contribution in [3.63, 3.8) is 0 Å². The predicted octanol–water partition coefficient (Wildman–Crippen LogP) is 10.6. The van der Waals surface area contributed by atoms with E-state index < -0.39 is 30.9 Å².